The average Bonchev–Trinajstić information content (AvgIpc) is 3.13. The molecule has 0 atom stereocenters. The Bertz CT molecular complexity index is 988. The molecule has 0 saturated heterocycles. The van der Waals surface area contributed by atoms with Gasteiger partial charge in [-0.15, -0.1) is 0 Å². The van der Waals surface area contributed by atoms with Crippen molar-refractivity contribution in [2.45, 2.75) is 20.0 Å². The van der Waals surface area contributed by atoms with Gasteiger partial charge in [0.15, 0.2) is 0 Å². The lowest BCUT2D eigenvalue weighted by Crippen LogP contribution is -2.12. The van der Waals surface area contributed by atoms with Crippen molar-refractivity contribution in [2.75, 3.05) is 0 Å². The van der Waals surface area contributed by atoms with Crippen molar-refractivity contribution in [3.63, 3.8) is 0 Å². The normalized spacial score (nSPS) is 11.0. The summed E-state index contributed by atoms with van der Waals surface area (Å²) in [5.41, 5.74) is 5.72. The van der Waals surface area contributed by atoms with E-state index >= 15 is 0 Å². The van der Waals surface area contributed by atoms with Crippen LogP contribution in [0.25, 0.3) is 11.0 Å². The molecule has 0 fully saturated rings. The number of aromatic nitrogens is 2. The fourth-order valence-corrected chi connectivity index (χ4v) is 2.85. The minimum Gasteiger partial charge on any atom is -0.457 e. The highest BCUT2D eigenvalue weighted by molar-refractivity contribution is 5.76. The molecule has 0 aliphatic rings. The fraction of sp³-hybridized carbons (Fsp3) is 0.136. The number of benzene rings is 3. The molecule has 26 heavy (non-hydrogen) atoms. The Labute approximate surface area is 152 Å². The smallest absolute Gasteiger partial charge is 0.129 e. The summed E-state index contributed by atoms with van der Waals surface area (Å²) in [4.78, 5) is 7.31. The van der Waals surface area contributed by atoms with E-state index in [4.69, 9.17) is 4.74 Å². The average molecular weight is 343 g/mol. The zero-order valence-corrected chi connectivity index (χ0v) is 14.7. The van der Waals surface area contributed by atoms with Crippen molar-refractivity contribution in [1.82, 2.24) is 15.3 Å². The van der Waals surface area contributed by atoms with E-state index in [1.165, 1.54) is 16.7 Å². The first-order valence-electron chi connectivity index (χ1n) is 8.72. The van der Waals surface area contributed by atoms with Crippen molar-refractivity contribution in [3.8, 4) is 11.5 Å². The molecule has 0 aliphatic heterocycles. The lowest BCUT2D eigenvalue weighted by molar-refractivity contribution is 0.483. The molecule has 1 aromatic heterocycles. The van der Waals surface area contributed by atoms with Crippen LogP contribution in [0.2, 0.25) is 0 Å². The third-order valence-electron chi connectivity index (χ3n) is 4.33. The molecule has 0 unspecified atom stereocenters. The molecule has 4 heteroatoms. The maximum absolute atomic E-state index is 5.93. The number of imidazole rings is 1. The molecular weight excluding hydrogens is 322 g/mol. The highest BCUT2D eigenvalue weighted by atomic mass is 16.5. The Morgan fingerprint density at radius 3 is 2.23 bits per heavy atom. The molecule has 3 aromatic carbocycles. The van der Waals surface area contributed by atoms with Crippen LogP contribution in [0.3, 0.4) is 0 Å². The summed E-state index contributed by atoms with van der Waals surface area (Å²) in [5, 5.41) is 3.47. The zero-order chi connectivity index (χ0) is 17.8. The minimum atomic E-state index is 0.798. The number of rotatable bonds is 6. The summed E-state index contributed by atoms with van der Waals surface area (Å²) in [6.45, 7) is 3.80. The summed E-state index contributed by atoms with van der Waals surface area (Å²) >= 11 is 0. The van der Waals surface area contributed by atoms with Crippen molar-refractivity contribution >= 4 is 11.0 Å². The van der Waals surface area contributed by atoms with Crippen LogP contribution in [-0.2, 0) is 13.1 Å². The van der Waals surface area contributed by atoms with Gasteiger partial charge in [0.25, 0.3) is 0 Å². The molecular formula is C22H21N3O. The van der Waals surface area contributed by atoms with Gasteiger partial charge >= 0.3 is 0 Å². The van der Waals surface area contributed by atoms with Gasteiger partial charge in [-0.1, -0.05) is 42.0 Å². The van der Waals surface area contributed by atoms with Crippen molar-refractivity contribution in [1.29, 1.82) is 0 Å². The van der Waals surface area contributed by atoms with E-state index in [0.29, 0.717) is 0 Å². The highest BCUT2D eigenvalue weighted by Crippen LogP contribution is 2.24. The van der Waals surface area contributed by atoms with Gasteiger partial charge in [0, 0.05) is 19.2 Å². The predicted octanol–water partition coefficient (Wildman–Crippen LogP) is 4.95. The van der Waals surface area contributed by atoms with E-state index in [9.17, 15) is 0 Å². The number of aryl methyl sites for hydroxylation is 1. The molecule has 1 heterocycles. The van der Waals surface area contributed by atoms with Crippen LogP contribution in [-0.4, -0.2) is 9.97 Å². The van der Waals surface area contributed by atoms with Gasteiger partial charge in [-0.2, -0.15) is 0 Å². The molecule has 0 saturated carbocycles. The van der Waals surface area contributed by atoms with Gasteiger partial charge in [-0.25, -0.2) is 4.98 Å². The van der Waals surface area contributed by atoms with Gasteiger partial charge in [0.2, 0.25) is 0 Å². The maximum Gasteiger partial charge on any atom is 0.129 e. The molecule has 0 spiro atoms. The second-order valence-corrected chi connectivity index (χ2v) is 6.42. The molecule has 4 nitrogen and oxygen atoms in total. The number of nitrogens with one attached hydrogen (secondary N) is 2. The van der Waals surface area contributed by atoms with Crippen LogP contribution in [0.4, 0.5) is 0 Å². The van der Waals surface area contributed by atoms with Crippen LogP contribution in [0.5, 0.6) is 11.5 Å². The molecule has 0 amide bonds. The first kappa shape index (κ1) is 16.4. The Kier molecular flexibility index (Phi) is 4.67. The van der Waals surface area contributed by atoms with E-state index in [0.717, 1.165) is 35.6 Å². The van der Waals surface area contributed by atoms with Crippen molar-refractivity contribution in [3.05, 3.63) is 89.7 Å². The van der Waals surface area contributed by atoms with E-state index in [2.05, 4.69) is 58.6 Å². The second kappa shape index (κ2) is 7.42. The number of H-pyrrole nitrogens is 1. The Morgan fingerprint density at radius 1 is 0.846 bits per heavy atom. The molecule has 0 aliphatic carbocycles. The van der Waals surface area contributed by atoms with Gasteiger partial charge in [-0.05, 0) is 42.3 Å². The molecule has 0 radical (unpaired) electrons. The van der Waals surface area contributed by atoms with Crippen molar-refractivity contribution in [2.24, 2.45) is 0 Å². The Balaban J connectivity index is 1.33. The second-order valence-electron chi connectivity index (χ2n) is 6.42. The standard InChI is InChI=1S/C22H21N3O/c1-16-2-4-17(5-3-16)13-23-14-18-6-8-19(9-7-18)26-20-10-11-21-22(12-20)25-15-24-21/h2-12,15,23H,13-14H2,1H3,(H,24,25). The maximum atomic E-state index is 5.93. The lowest BCUT2D eigenvalue weighted by atomic mass is 10.1. The van der Waals surface area contributed by atoms with Gasteiger partial charge in [-0.3, -0.25) is 0 Å². The van der Waals surface area contributed by atoms with Crippen LogP contribution >= 0.6 is 0 Å². The third kappa shape index (κ3) is 3.92. The van der Waals surface area contributed by atoms with E-state index in [1.54, 1.807) is 6.33 Å². The van der Waals surface area contributed by atoms with Crippen LogP contribution in [0.15, 0.2) is 73.1 Å². The Morgan fingerprint density at radius 2 is 1.50 bits per heavy atom. The zero-order valence-electron chi connectivity index (χ0n) is 14.7. The highest BCUT2D eigenvalue weighted by Gasteiger charge is 2.02. The van der Waals surface area contributed by atoms with Crippen LogP contribution in [0, 0.1) is 6.92 Å². The number of aromatic amines is 1. The number of fused-ring (bicyclic) bond motifs is 1. The molecule has 130 valence electrons. The number of nitrogens with zero attached hydrogens (tertiary/aromatic N) is 1. The molecule has 4 aromatic rings. The number of hydrogen-bond donors (Lipinski definition) is 2. The summed E-state index contributed by atoms with van der Waals surface area (Å²) in [7, 11) is 0. The summed E-state index contributed by atoms with van der Waals surface area (Å²) in [5.74, 6) is 1.62. The van der Waals surface area contributed by atoms with Gasteiger partial charge < -0.3 is 15.0 Å². The first-order valence-corrected chi connectivity index (χ1v) is 8.72. The van der Waals surface area contributed by atoms with Gasteiger partial charge in [0.05, 0.1) is 17.4 Å². The van der Waals surface area contributed by atoms with E-state index < -0.39 is 0 Å². The molecule has 2 N–H and O–H groups in total. The SMILES string of the molecule is Cc1ccc(CNCc2ccc(Oc3ccc4nc[nH]c4c3)cc2)cc1. The van der Waals surface area contributed by atoms with Crippen LogP contribution in [0.1, 0.15) is 16.7 Å². The summed E-state index contributed by atoms with van der Waals surface area (Å²) in [6.07, 6.45) is 1.69. The lowest BCUT2D eigenvalue weighted by Gasteiger charge is -2.08. The minimum absolute atomic E-state index is 0.798. The van der Waals surface area contributed by atoms with Gasteiger partial charge in [0.1, 0.15) is 11.5 Å². The predicted molar refractivity (Wildman–Crippen MR) is 104 cm³/mol. The first-order chi connectivity index (χ1) is 12.8. The Hall–Kier alpha value is -3.11. The third-order valence-corrected chi connectivity index (χ3v) is 4.33. The summed E-state index contributed by atoms with van der Waals surface area (Å²) in [6, 6.07) is 22.6. The fourth-order valence-electron chi connectivity index (χ4n) is 2.85. The largest absolute Gasteiger partial charge is 0.457 e. The number of hydrogen-bond acceptors (Lipinski definition) is 3. The molecule has 0 bridgehead atoms. The van der Waals surface area contributed by atoms with Crippen LogP contribution < -0.4 is 10.1 Å². The molecule has 4 rings (SSSR count). The van der Waals surface area contributed by atoms with E-state index in [1.807, 2.05) is 30.3 Å². The van der Waals surface area contributed by atoms with E-state index in [-0.39, 0.29) is 0 Å². The monoisotopic (exact) mass is 343 g/mol. The number of ether oxygens (including phenoxy) is 1. The topological polar surface area (TPSA) is 49.9 Å². The quantitative estimate of drug-likeness (QED) is 0.520. The van der Waals surface area contributed by atoms with Crippen molar-refractivity contribution < 1.29 is 4.74 Å². The summed E-state index contributed by atoms with van der Waals surface area (Å²) < 4.78 is 5.93.